The number of aryl methyl sites for hydroxylation is 2. The number of carbonyl (C=O) groups is 2. The number of benzene rings is 1. The van der Waals surface area contributed by atoms with E-state index in [0.29, 0.717) is 38.5 Å². The molecule has 7 heteroatoms. The number of carbonyl (C=O) groups excluding carboxylic acids is 2. The van der Waals surface area contributed by atoms with E-state index in [1.807, 2.05) is 0 Å². The summed E-state index contributed by atoms with van der Waals surface area (Å²) in [5.41, 5.74) is 2.03. The van der Waals surface area contributed by atoms with Crippen LogP contribution in [0.5, 0.6) is 0 Å². The molecule has 0 atom stereocenters. The van der Waals surface area contributed by atoms with E-state index in [-0.39, 0.29) is 11.8 Å². The van der Waals surface area contributed by atoms with Crippen LogP contribution in [0.4, 0.5) is 11.4 Å². The van der Waals surface area contributed by atoms with Crippen LogP contribution in [0.3, 0.4) is 0 Å². The normalized spacial score (nSPS) is 10.4. The Balaban J connectivity index is 1.77. The zero-order chi connectivity index (χ0) is 18.7. The molecule has 26 heavy (non-hydrogen) atoms. The zero-order valence-corrected chi connectivity index (χ0v) is 15.8. The Morgan fingerprint density at radius 2 is 1.65 bits per heavy atom. The number of halogens is 1. The van der Waals surface area contributed by atoms with Gasteiger partial charge in [-0.2, -0.15) is 0 Å². The Labute approximate surface area is 158 Å². The first-order valence-electron chi connectivity index (χ1n) is 7.84. The van der Waals surface area contributed by atoms with Gasteiger partial charge in [-0.1, -0.05) is 6.07 Å². The van der Waals surface area contributed by atoms with Gasteiger partial charge in [-0.25, -0.2) is 0 Å². The second-order valence-electron chi connectivity index (χ2n) is 5.63. The van der Waals surface area contributed by atoms with E-state index in [4.69, 9.17) is 4.42 Å². The highest BCUT2D eigenvalue weighted by Gasteiger charge is 2.20. The van der Waals surface area contributed by atoms with Gasteiger partial charge >= 0.3 is 0 Å². The maximum absolute atomic E-state index is 12.5. The average molecular weight is 414 g/mol. The summed E-state index contributed by atoms with van der Waals surface area (Å²) in [6, 6.07) is 10.1. The summed E-state index contributed by atoms with van der Waals surface area (Å²) in [5.74, 6) is 0.582. The number of furan rings is 1. The topological polar surface area (TPSA) is 84.2 Å². The number of amides is 2. The minimum Gasteiger partial charge on any atom is -0.465 e. The van der Waals surface area contributed by atoms with Crippen molar-refractivity contribution < 1.29 is 14.0 Å². The molecule has 2 N–H and O–H groups in total. The molecule has 0 radical (unpaired) electrons. The zero-order valence-electron chi connectivity index (χ0n) is 14.2. The van der Waals surface area contributed by atoms with Crippen LogP contribution in [0.1, 0.15) is 32.2 Å². The van der Waals surface area contributed by atoms with Gasteiger partial charge in [0.25, 0.3) is 11.8 Å². The quantitative estimate of drug-likeness (QED) is 0.656. The molecule has 0 unspecified atom stereocenters. The molecule has 2 amide bonds. The number of anilines is 2. The maximum Gasteiger partial charge on any atom is 0.260 e. The van der Waals surface area contributed by atoms with Gasteiger partial charge in [-0.05, 0) is 60.1 Å². The van der Waals surface area contributed by atoms with Crippen molar-refractivity contribution in [2.75, 3.05) is 10.6 Å². The number of nitrogens with one attached hydrogen (secondary N) is 2. The Hall–Kier alpha value is -2.93. The van der Waals surface area contributed by atoms with Crippen molar-refractivity contribution >= 4 is 39.1 Å². The summed E-state index contributed by atoms with van der Waals surface area (Å²) in [6.45, 7) is 3.50. The minimum absolute atomic E-state index is 0.274. The van der Waals surface area contributed by atoms with Crippen molar-refractivity contribution in [3.05, 3.63) is 75.9 Å². The van der Waals surface area contributed by atoms with Crippen molar-refractivity contribution in [2.45, 2.75) is 13.8 Å². The second kappa shape index (κ2) is 7.53. The highest BCUT2D eigenvalue weighted by atomic mass is 79.9. The first-order valence-corrected chi connectivity index (χ1v) is 8.63. The van der Waals surface area contributed by atoms with Crippen LogP contribution in [-0.2, 0) is 0 Å². The summed E-state index contributed by atoms with van der Waals surface area (Å²) < 4.78 is 6.08. The Bertz CT molecular complexity index is 967. The van der Waals surface area contributed by atoms with Crippen LogP contribution in [0.2, 0.25) is 0 Å². The first kappa shape index (κ1) is 17.9. The number of hydrogen-bond donors (Lipinski definition) is 2. The molecule has 0 aliphatic rings. The van der Waals surface area contributed by atoms with Gasteiger partial charge in [0.05, 0.1) is 10.0 Å². The van der Waals surface area contributed by atoms with Gasteiger partial charge in [-0.3, -0.25) is 14.6 Å². The summed E-state index contributed by atoms with van der Waals surface area (Å²) >= 11 is 3.37. The first-order chi connectivity index (χ1) is 12.5. The molecule has 0 bridgehead atoms. The molecule has 2 aromatic heterocycles. The van der Waals surface area contributed by atoms with Crippen molar-refractivity contribution in [2.24, 2.45) is 0 Å². The molecule has 1 aromatic carbocycles. The van der Waals surface area contributed by atoms with Crippen molar-refractivity contribution in [1.82, 2.24) is 4.98 Å². The van der Waals surface area contributed by atoms with E-state index >= 15 is 0 Å². The smallest absolute Gasteiger partial charge is 0.260 e. The van der Waals surface area contributed by atoms with Crippen molar-refractivity contribution in [3.8, 4) is 0 Å². The standard InChI is InChI=1S/C19H16BrN3O3/c1-11-16(17(20)12(2)26-11)19(25)23-15-5-3-4-13(10-15)18(24)22-14-6-8-21-9-7-14/h3-10H,1-2H3,(H,23,25)(H,21,22,24). The number of pyridine rings is 1. The molecule has 3 rings (SSSR count). The number of hydrogen-bond acceptors (Lipinski definition) is 4. The van der Waals surface area contributed by atoms with Crippen LogP contribution in [0, 0.1) is 13.8 Å². The number of nitrogens with zero attached hydrogens (tertiary/aromatic N) is 1. The molecule has 6 nitrogen and oxygen atoms in total. The van der Waals surface area contributed by atoms with Crippen molar-refractivity contribution in [3.63, 3.8) is 0 Å². The summed E-state index contributed by atoms with van der Waals surface area (Å²) in [7, 11) is 0. The van der Waals surface area contributed by atoms with Gasteiger partial charge in [0, 0.05) is 29.3 Å². The molecule has 0 aliphatic heterocycles. The van der Waals surface area contributed by atoms with E-state index in [2.05, 4.69) is 31.5 Å². The van der Waals surface area contributed by atoms with Crippen molar-refractivity contribution in [1.29, 1.82) is 0 Å². The van der Waals surface area contributed by atoms with Gasteiger partial charge in [0.15, 0.2) is 0 Å². The molecule has 2 heterocycles. The lowest BCUT2D eigenvalue weighted by molar-refractivity contribution is 0.101. The molecular weight excluding hydrogens is 398 g/mol. The van der Waals surface area contributed by atoms with Crippen LogP contribution in [-0.4, -0.2) is 16.8 Å². The lowest BCUT2D eigenvalue weighted by Gasteiger charge is -2.08. The Morgan fingerprint density at radius 3 is 2.31 bits per heavy atom. The van der Waals surface area contributed by atoms with Crippen LogP contribution < -0.4 is 10.6 Å². The molecule has 0 spiro atoms. The van der Waals surface area contributed by atoms with Gasteiger partial charge < -0.3 is 15.1 Å². The monoisotopic (exact) mass is 413 g/mol. The third-order valence-electron chi connectivity index (χ3n) is 3.73. The highest BCUT2D eigenvalue weighted by molar-refractivity contribution is 9.10. The molecule has 0 fully saturated rings. The average Bonchev–Trinajstić information content (AvgIpc) is 2.88. The van der Waals surface area contributed by atoms with E-state index in [9.17, 15) is 9.59 Å². The van der Waals surface area contributed by atoms with Crippen LogP contribution in [0.15, 0.2) is 57.7 Å². The van der Waals surface area contributed by atoms with Gasteiger partial charge in [0.2, 0.25) is 0 Å². The van der Waals surface area contributed by atoms with Gasteiger partial charge in [0.1, 0.15) is 11.5 Å². The largest absolute Gasteiger partial charge is 0.465 e. The third-order valence-corrected chi connectivity index (χ3v) is 4.69. The highest BCUT2D eigenvalue weighted by Crippen LogP contribution is 2.28. The van der Waals surface area contributed by atoms with Crippen LogP contribution >= 0.6 is 15.9 Å². The van der Waals surface area contributed by atoms with E-state index < -0.39 is 0 Å². The summed E-state index contributed by atoms with van der Waals surface area (Å²) in [6.07, 6.45) is 3.19. The fraction of sp³-hybridized carbons (Fsp3) is 0.105. The van der Waals surface area contributed by atoms with E-state index in [0.717, 1.165) is 0 Å². The van der Waals surface area contributed by atoms with E-state index in [1.165, 1.54) is 0 Å². The Morgan fingerprint density at radius 1 is 0.962 bits per heavy atom. The maximum atomic E-state index is 12.5. The molecular formula is C19H16BrN3O3. The Kier molecular flexibility index (Phi) is 5.18. The second-order valence-corrected chi connectivity index (χ2v) is 6.42. The van der Waals surface area contributed by atoms with Crippen LogP contribution in [0.25, 0.3) is 0 Å². The third kappa shape index (κ3) is 3.83. The fourth-order valence-electron chi connectivity index (χ4n) is 2.49. The minimum atomic E-state index is -0.307. The number of rotatable bonds is 4. The number of aromatic nitrogens is 1. The van der Waals surface area contributed by atoms with E-state index in [1.54, 1.807) is 62.6 Å². The van der Waals surface area contributed by atoms with Gasteiger partial charge in [-0.15, -0.1) is 0 Å². The summed E-state index contributed by atoms with van der Waals surface area (Å²) in [4.78, 5) is 28.8. The predicted octanol–water partition coefficient (Wildman–Crippen LogP) is 4.56. The molecule has 0 aliphatic carbocycles. The molecule has 0 saturated carbocycles. The fourth-order valence-corrected chi connectivity index (χ4v) is 3.03. The molecule has 132 valence electrons. The lowest BCUT2D eigenvalue weighted by Crippen LogP contribution is -2.15. The predicted molar refractivity (Wildman–Crippen MR) is 102 cm³/mol. The molecule has 0 saturated heterocycles. The SMILES string of the molecule is Cc1oc(C)c(C(=O)Nc2cccc(C(=O)Nc3ccncc3)c2)c1Br. The summed E-state index contributed by atoms with van der Waals surface area (Å²) in [5, 5.41) is 5.57. The lowest BCUT2D eigenvalue weighted by atomic mass is 10.1. The molecule has 3 aromatic rings.